The Morgan fingerprint density at radius 2 is 1.56 bits per heavy atom. The Kier molecular flexibility index (Phi) is 4.63. The monoisotopic (exact) mass is 421 g/mol. The summed E-state index contributed by atoms with van der Waals surface area (Å²) in [6, 6.07) is 16.5. The van der Waals surface area contributed by atoms with Gasteiger partial charge in [-0.2, -0.15) is 0 Å². The molecule has 1 aliphatic rings. The number of nitrogens with one attached hydrogen (secondary N) is 1. The second kappa shape index (κ2) is 6.96. The summed E-state index contributed by atoms with van der Waals surface area (Å²) in [6.07, 6.45) is 0. The number of hydrogen-bond acceptors (Lipinski definition) is 4. The molecule has 1 aliphatic heterocycles. The van der Waals surface area contributed by atoms with Crippen LogP contribution in [0, 0.1) is 0 Å². The molecule has 138 valence electrons. The van der Waals surface area contributed by atoms with E-state index in [1.165, 1.54) is 12.1 Å². The van der Waals surface area contributed by atoms with E-state index in [1.807, 2.05) is 0 Å². The number of fused-ring (bicyclic) bond motifs is 1. The zero-order valence-electron chi connectivity index (χ0n) is 13.8. The fraction of sp³-hybridized carbons (Fsp3) is 0.0526. The van der Waals surface area contributed by atoms with E-state index in [2.05, 4.69) is 4.72 Å². The van der Waals surface area contributed by atoms with Crippen molar-refractivity contribution in [3.8, 4) is 22.6 Å². The van der Waals surface area contributed by atoms with E-state index in [1.54, 1.807) is 48.5 Å². The van der Waals surface area contributed by atoms with Crippen LogP contribution in [0.3, 0.4) is 0 Å². The highest BCUT2D eigenvalue weighted by atomic mass is 35.5. The van der Waals surface area contributed by atoms with Gasteiger partial charge in [-0.3, -0.25) is 4.72 Å². The molecule has 0 saturated heterocycles. The predicted octanol–water partition coefficient (Wildman–Crippen LogP) is 5.19. The number of hydrogen-bond donors (Lipinski definition) is 1. The fourth-order valence-electron chi connectivity index (χ4n) is 2.73. The Morgan fingerprint density at radius 1 is 0.852 bits per heavy atom. The van der Waals surface area contributed by atoms with E-state index >= 15 is 0 Å². The largest absolute Gasteiger partial charge is 0.454 e. The van der Waals surface area contributed by atoms with Gasteiger partial charge in [0.05, 0.1) is 20.6 Å². The van der Waals surface area contributed by atoms with Crippen LogP contribution in [0.4, 0.5) is 5.69 Å². The van der Waals surface area contributed by atoms with Crippen molar-refractivity contribution in [2.75, 3.05) is 11.5 Å². The smallest absolute Gasteiger partial charge is 0.261 e. The van der Waals surface area contributed by atoms with Crippen molar-refractivity contribution in [2.24, 2.45) is 0 Å². The van der Waals surface area contributed by atoms with E-state index in [-0.39, 0.29) is 11.7 Å². The highest BCUT2D eigenvalue weighted by Crippen LogP contribution is 2.43. The van der Waals surface area contributed by atoms with E-state index < -0.39 is 10.0 Å². The molecule has 0 spiro atoms. The van der Waals surface area contributed by atoms with Gasteiger partial charge in [0, 0.05) is 11.6 Å². The van der Waals surface area contributed by atoms with Gasteiger partial charge in [0.2, 0.25) is 6.79 Å². The first-order valence-corrected chi connectivity index (χ1v) is 10.1. The molecule has 3 aromatic carbocycles. The van der Waals surface area contributed by atoms with Crippen molar-refractivity contribution < 1.29 is 17.9 Å². The van der Waals surface area contributed by atoms with E-state index in [4.69, 9.17) is 32.7 Å². The van der Waals surface area contributed by atoms with Crippen LogP contribution in [0.5, 0.6) is 11.5 Å². The quantitative estimate of drug-likeness (QED) is 0.629. The minimum absolute atomic E-state index is 0.0744. The summed E-state index contributed by atoms with van der Waals surface area (Å²) < 4.78 is 39.0. The predicted molar refractivity (Wildman–Crippen MR) is 105 cm³/mol. The van der Waals surface area contributed by atoms with E-state index in [0.717, 1.165) is 0 Å². The number of ether oxygens (including phenoxy) is 2. The third kappa shape index (κ3) is 3.56. The minimum atomic E-state index is -3.78. The SMILES string of the molecule is O=S(=O)(Nc1cc2c(cc1-c1ccc(Cl)c(Cl)c1)OCO2)c1ccccc1. The van der Waals surface area contributed by atoms with Gasteiger partial charge in [-0.05, 0) is 35.9 Å². The lowest BCUT2D eigenvalue weighted by atomic mass is 10.0. The van der Waals surface area contributed by atoms with E-state index in [9.17, 15) is 8.42 Å². The Bertz CT molecular complexity index is 1120. The standard InChI is InChI=1S/C19H13Cl2NO4S/c20-15-7-6-12(8-16(15)21)14-9-18-19(26-11-25-18)10-17(14)22-27(23,24)13-4-2-1-3-5-13/h1-10,22H,11H2. The Labute approximate surface area is 166 Å². The molecule has 0 aliphatic carbocycles. The molecule has 0 amide bonds. The minimum Gasteiger partial charge on any atom is -0.454 e. The summed E-state index contributed by atoms with van der Waals surface area (Å²) in [6.45, 7) is 0.0744. The van der Waals surface area contributed by atoms with Crippen LogP contribution in [0.1, 0.15) is 0 Å². The molecule has 4 rings (SSSR count). The van der Waals surface area contributed by atoms with Crippen LogP contribution in [0.25, 0.3) is 11.1 Å². The number of halogens is 2. The summed E-state index contributed by atoms with van der Waals surface area (Å²) in [5.41, 5.74) is 1.63. The van der Waals surface area contributed by atoms with Crippen molar-refractivity contribution in [1.29, 1.82) is 0 Å². The third-order valence-corrected chi connectivity index (χ3v) is 6.16. The maximum atomic E-state index is 12.8. The van der Waals surface area contributed by atoms with Crippen LogP contribution < -0.4 is 14.2 Å². The van der Waals surface area contributed by atoms with Crippen molar-refractivity contribution in [3.63, 3.8) is 0 Å². The third-order valence-electron chi connectivity index (χ3n) is 4.04. The zero-order valence-corrected chi connectivity index (χ0v) is 16.1. The molecule has 1 N–H and O–H groups in total. The van der Waals surface area contributed by atoms with Crippen LogP contribution in [0.2, 0.25) is 10.0 Å². The summed E-state index contributed by atoms with van der Waals surface area (Å²) >= 11 is 12.1. The maximum Gasteiger partial charge on any atom is 0.261 e. The summed E-state index contributed by atoms with van der Waals surface area (Å²) in [4.78, 5) is 0.155. The lowest BCUT2D eigenvalue weighted by Gasteiger charge is -2.14. The van der Waals surface area contributed by atoms with Gasteiger partial charge >= 0.3 is 0 Å². The van der Waals surface area contributed by atoms with Crippen molar-refractivity contribution in [2.45, 2.75) is 4.90 Å². The molecule has 0 atom stereocenters. The first kappa shape index (κ1) is 18.0. The average Bonchev–Trinajstić information content (AvgIpc) is 3.11. The molecule has 1 heterocycles. The van der Waals surface area contributed by atoms with Crippen molar-refractivity contribution >= 4 is 38.9 Å². The molecule has 27 heavy (non-hydrogen) atoms. The first-order valence-electron chi connectivity index (χ1n) is 7.91. The highest BCUT2D eigenvalue weighted by molar-refractivity contribution is 7.92. The average molecular weight is 422 g/mol. The van der Waals surface area contributed by atoms with Crippen molar-refractivity contribution in [1.82, 2.24) is 0 Å². The molecule has 8 heteroatoms. The second-order valence-electron chi connectivity index (χ2n) is 5.80. The van der Waals surface area contributed by atoms with Gasteiger partial charge in [0.25, 0.3) is 10.0 Å². The number of rotatable bonds is 4. The van der Waals surface area contributed by atoms with Gasteiger partial charge in [-0.25, -0.2) is 8.42 Å². The Morgan fingerprint density at radius 3 is 2.26 bits per heavy atom. The van der Waals surface area contributed by atoms with Gasteiger partial charge < -0.3 is 9.47 Å². The number of benzene rings is 3. The van der Waals surface area contributed by atoms with Crippen LogP contribution in [0.15, 0.2) is 65.6 Å². The Balaban J connectivity index is 1.83. The van der Waals surface area contributed by atoms with Crippen LogP contribution in [-0.4, -0.2) is 15.2 Å². The summed E-state index contributed by atoms with van der Waals surface area (Å²) in [5, 5.41) is 0.774. The Hall–Kier alpha value is -2.41. The molecule has 0 fully saturated rings. The topological polar surface area (TPSA) is 64.6 Å². The number of anilines is 1. The van der Waals surface area contributed by atoms with Gasteiger partial charge in [-0.1, -0.05) is 47.5 Å². The second-order valence-corrected chi connectivity index (χ2v) is 8.30. The molecule has 3 aromatic rings. The van der Waals surface area contributed by atoms with Gasteiger partial charge in [0.1, 0.15) is 0 Å². The number of sulfonamides is 1. The van der Waals surface area contributed by atoms with Gasteiger partial charge in [0.15, 0.2) is 11.5 Å². The van der Waals surface area contributed by atoms with Crippen LogP contribution in [-0.2, 0) is 10.0 Å². The normalized spacial score (nSPS) is 12.8. The zero-order chi connectivity index (χ0) is 19.0. The highest BCUT2D eigenvalue weighted by Gasteiger charge is 2.22. The first-order chi connectivity index (χ1) is 12.9. The molecule has 5 nitrogen and oxygen atoms in total. The summed E-state index contributed by atoms with van der Waals surface area (Å²) in [7, 11) is -3.78. The molecule has 0 bridgehead atoms. The lowest BCUT2D eigenvalue weighted by Crippen LogP contribution is -2.13. The lowest BCUT2D eigenvalue weighted by molar-refractivity contribution is 0.174. The molecule has 0 unspecified atom stereocenters. The van der Waals surface area contributed by atoms with Crippen molar-refractivity contribution in [3.05, 3.63) is 70.7 Å². The van der Waals surface area contributed by atoms with Crippen LogP contribution >= 0.6 is 23.2 Å². The molecule has 0 saturated carbocycles. The molecular weight excluding hydrogens is 409 g/mol. The van der Waals surface area contributed by atoms with E-state index in [0.29, 0.717) is 38.4 Å². The molecular formula is C19H13Cl2NO4S. The maximum absolute atomic E-state index is 12.8. The fourth-order valence-corrected chi connectivity index (χ4v) is 4.12. The summed E-state index contributed by atoms with van der Waals surface area (Å²) in [5.74, 6) is 0.989. The molecule has 0 radical (unpaired) electrons. The van der Waals surface area contributed by atoms with Gasteiger partial charge in [-0.15, -0.1) is 0 Å². The molecule has 0 aromatic heterocycles.